The molecule has 110 valence electrons. The lowest BCUT2D eigenvalue weighted by molar-refractivity contribution is -0.384. The molecule has 1 aromatic rings. The van der Waals surface area contributed by atoms with Crippen molar-refractivity contribution in [2.75, 3.05) is 6.54 Å². The summed E-state index contributed by atoms with van der Waals surface area (Å²) >= 11 is 5.63. The lowest BCUT2D eigenvalue weighted by atomic mass is 9.83. The molecule has 7 nitrogen and oxygen atoms in total. The fourth-order valence-corrected chi connectivity index (χ4v) is 3.30. The summed E-state index contributed by atoms with van der Waals surface area (Å²) in [4.78, 5) is 9.80. The van der Waals surface area contributed by atoms with E-state index in [0.29, 0.717) is 12.8 Å². The van der Waals surface area contributed by atoms with Crippen molar-refractivity contribution in [1.82, 2.24) is 4.72 Å². The molecule has 0 aliphatic heterocycles. The van der Waals surface area contributed by atoms with E-state index in [2.05, 4.69) is 4.72 Å². The zero-order valence-corrected chi connectivity index (χ0v) is 11.9. The van der Waals surface area contributed by atoms with Crippen LogP contribution < -0.4 is 4.72 Å². The lowest BCUT2D eigenvalue weighted by Gasteiger charge is -2.31. The van der Waals surface area contributed by atoms with Crippen LogP contribution in [0, 0.1) is 16.0 Å². The second-order valence-corrected chi connectivity index (χ2v) is 6.89. The molecule has 1 aliphatic rings. The predicted molar refractivity (Wildman–Crippen MR) is 72.0 cm³/mol. The normalized spacial score (nSPS) is 22.3. The molecule has 0 amide bonds. The van der Waals surface area contributed by atoms with Gasteiger partial charge in [-0.3, -0.25) is 10.1 Å². The average molecular weight is 321 g/mol. The van der Waals surface area contributed by atoms with Crippen LogP contribution in [0.2, 0.25) is 5.02 Å². The van der Waals surface area contributed by atoms with Crippen LogP contribution in [0.3, 0.4) is 0 Å². The van der Waals surface area contributed by atoms with Gasteiger partial charge in [0.15, 0.2) is 0 Å². The highest BCUT2D eigenvalue weighted by Crippen LogP contribution is 2.28. The molecule has 1 fully saturated rings. The summed E-state index contributed by atoms with van der Waals surface area (Å²) in [6, 6.07) is 3.33. The standard InChI is InChI=1S/C11H13ClN2O5S/c12-10-2-1-9(5-11(10)14(16)17)20(18,19)13-6-7-3-8(15)4-7/h1-2,5,7-8,13,15H,3-4,6H2. The Morgan fingerprint density at radius 2 is 2.10 bits per heavy atom. The van der Waals surface area contributed by atoms with Crippen molar-refractivity contribution in [2.24, 2.45) is 5.92 Å². The summed E-state index contributed by atoms with van der Waals surface area (Å²) in [5, 5.41) is 19.7. The topological polar surface area (TPSA) is 110 Å². The highest BCUT2D eigenvalue weighted by Gasteiger charge is 2.29. The second-order valence-electron chi connectivity index (χ2n) is 4.71. The summed E-state index contributed by atoms with van der Waals surface area (Å²) < 4.78 is 26.4. The van der Waals surface area contributed by atoms with Gasteiger partial charge in [0, 0.05) is 12.6 Å². The molecule has 20 heavy (non-hydrogen) atoms. The maximum absolute atomic E-state index is 12.0. The maximum atomic E-state index is 12.0. The minimum atomic E-state index is -3.82. The van der Waals surface area contributed by atoms with Crippen LogP contribution in [0.15, 0.2) is 23.1 Å². The SMILES string of the molecule is O=[N+]([O-])c1cc(S(=O)(=O)NCC2CC(O)C2)ccc1Cl. The Kier molecular flexibility index (Phi) is 4.28. The Morgan fingerprint density at radius 1 is 1.45 bits per heavy atom. The van der Waals surface area contributed by atoms with Crippen LogP contribution in [-0.2, 0) is 10.0 Å². The van der Waals surface area contributed by atoms with E-state index in [4.69, 9.17) is 16.7 Å². The van der Waals surface area contributed by atoms with Gasteiger partial charge in [-0.15, -0.1) is 0 Å². The third kappa shape index (κ3) is 3.26. The minimum Gasteiger partial charge on any atom is -0.393 e. The summed E-state index contributed by atoms with van der Waals surface area (Å²) in [5.74, 6) is 0.0991. The molecule has 0 saturated heterocycles. The molecule has 0 aromatic heterocycles. The summed E-state index contributed by atoms with van der Waals surface area (Å²) in [6.07, 6.45) is 0.758. The van der Waals surface area contributed by atoms with Crippen LogP contribution >= 0.6 is 11.6 Å². The zero-order valence-electron chi connectivity index (χ0n) is 10.3. The first kappa shape index (κ1) is 15.2. The fraction of sp³-hybridized carbons (Fsp3) is 0.455. The largest absolute Gasteiger partial charge is 0.393 e. The molecule has 9 heteroatoms. The van der Waals surface area contributed by atoms with E-state index in [9.17, 15) is 18.5 Å². The van der Waals surface area contributed by atoms with Crippen molar-refractivity contribution >= 4 is 27.3 Å². The molecule has 2 N–H and O–H groups in total. The van der Waals surface area contributed by atoms with Crippen molar-refractivity contribution in [2.45, 2.75) is 23.8 Å². The molecule has 0 spiro atoms. The Morgan fingerprint density at radius 3 is 2.65 bits per heavy atom. The molecule has 2 rings (SSSR count). The van der Waals surface area contributed by atoms with Gasteiger partial charge in [-0.05, 0) is 30.9 Å². The Hall–Kier alpha value is -1.22. The van der Waals surface area contributed by atoms with E-state index in [-0.39, 0.29) is 28.5 Å². The van der Waals surface area contributed by atoms with E-state index in [0.717, 1.165) is 6.07 Å². The van der Waals surface area contributed by atoms with E-state index in [1.807, 2.05) is 0 Å². The van der Waals surface area contributed by atoms with Gasteiger partial charge in [0.05, 0.1) is 15.9 Å². The van der Waals surface area contributed by atoms with E-state index in [1.165, 1.54) is 12.1 Å². The first-order chi connectivity index (χ1) is 9.29. The monoisotopic (exact) mass is 320 g/mol. The number of nitro groups is 1. The first-order valence-electron chi connectivity index (χ1n) is 5.91. The Bertz CT molecular complexity index is 628. The third-order valence-electron chi connectivity index (χ3n) is 3.20. The van der Waals surface area contributed by atoms with E-state index >= 15 is 0 Å². The maximum Gasteiger partial charge on any atom is 0.289 e. The molecule has 0 unspecified atom stereocenters. The van der Waals surface area contributed by atoms with Crippen LogP contribution in [-0.4, -0.2) is 31.1 Å². The van der Waals surface area contributed by atoms with E-state index in [1.54, 1.807) is 0 Å². The quantitative estimate of drug-likeness (QED) is 0.627. The number of nitro benzene ring substituents is 1. The lowest BCUT2D eigenvalue weighted by Crippen LogP contribution is -2.38. The number of sulfonamides is 1. The van der Waals surface area contributed by atoms with Gasteiger partial charge in [-0.1, -0.05) is 11.6 Å². The molecule has 1 aromatic carbocycles. The first-order valence-corrected chi connectivity index (χ1v) is 7.77. The van der Waals surface area contributed by atoms with Crippen LogP contribution in [0.4, 0.5) is 5.69 Å². The molecular weight excluding hydrogens is 308 g/mol. The smallest absolute Gasteiger partial charge is 0.289 e. The van der Waals surface area contributed by atoms with Crippen LogP contribution in [0.25, 0.3) is 0 Å². The predicted octanol–water partition coefficient (Wildman–Crippen LogP) is 1.30. The number of rotatable bonds is 5. The van der Waals surface area contributed by atoms with Crippen molar-refractivity contribution in [3.63, 3.8) is 0 Å². The van der Waals surface area contributed by atoms with Crippen molar-refractivity contribution in [1.29, 1.82) is 0 Å². The number of hydrogen-bond donors (Lipinski definition) is 2. The number of aliphatic hydroxyl groups excluding tert-OH is 1. The zero-order chi connectivity index (χ0) is 14.9. The number of aliphatic hydroxyl groups is 1. The fourth-order valence-electron chi connectivity index (χ4n) is 1.98. The number of nitrogens with zero attached hydrogens (tertiary/aromatic N) is 1. The number of nitrogens with one attached hydrogen (secondary N) is 1. The van der Waals surface area contributed by atoms with Gasteiger partial charge >= 0.3 is 0 Å². The molecular formula is C11H13ClN2O5S. The highest BCUT2D eigenvalue weighted by molar-refractivity contribution is 7.89. The van der Waals surface area contributed by atoms with Gasteiger partial charge in [0.2, 0.25) is 10.0 Å². The molecule has 0 heterocycles. The van der Waals surface area contributed by atoms with Gasteiger partial charge in [-0.2, -0.15) is 0 Å². The van der Waals surface area contributed by atoms with Gasteiger partial charge in [0.1, 0.15) is 5.02 Å². The number of halogens is 1. The molecule has 1 saturated carbocycles. The van der Waals surface area contributed by atoms with E-state index < -0.39 is 20.6 Å². The number of benzene rings is 1. The van der Waals surface area contributed by atoms with Gasteiger partial charge in [-0.25, -0.2) is 13.1 Å². The van der Waals surface area contributed by atoms with Crippen LogP contribution in [0.5, 0.6) is 0 Å². The van der Waals surface area contributed by atoms with Gasteiger partial charge < -0.3 is 5.11 Å². The Labute approximate surface area is 120 Å². The van der Waals surface area contributed by atoms with Crippen molar-refractivity contribution in [3.8, 4) is 0 Å². The minimum absolute atomic E-state index is 0.0991. The highest BCUT2D eigenvalue weighted by atomic mass is 35.5. The van der Waals surface area contributed by atoms with Gasteiger partial charge in [0.25, 0.3) is 5.69 Å². The number of hydrogen-bond acceptors (Lipinski definition) is 5. The third-order valence-corrected chi connectivity index (χ3v) is 4.94. The second kappa shape index (κ2) is 5.65. The summed E-state index contributed by atoms with van der Waals surface area (Å²) in [5.41, 5.74) is -0.450. The summed E-state index contributed by atoms with van der Waals surface area (Å²) in [6.45, 7) is 0.204. The van der Waals surface area contributed by atoms with Crippen LogP contribution in [0.1, 0.15) is 12.8 Å². The van der Waals surface area contributed by atoms with Crippen molar-refractivity contribution in [3.05, 3.63) is 33.3 Å². The Balaban J connectivity index is 2.12. The molecule has 0 radical (unpaired) electrons. The van der Waals surface area contributed by atoms with Crippen molar-refractivity contribution < 1.29 is 18.4 Å². The molecule has 0 atom stereocenters. The average Bonchev–Trinajstić information content (AvgIpc) is 2.33. The summed E-state index contributed by atoms with van der Waals surface area (Å²) in [7, 11) is -3.82. The molecule has 0 bridgehead atoms. The molecule has 1 aliphatic carbocycles.